The van der Waals surface area contributed by atoms with Crippen LogP contribution in [0.25, 0.3) is 10.2 Å². The van der Waals surface area contributed by atoms with E-state index in [1.807, 2.05) is 41.8 Å². The summed E-state index contributed by atoms with van der Waals surface area (Å²) in [6.07, 6.45) is 0.180. The Morgan fingerprint density at radius 2 is 1.90 bits per heavy atom. The number of hydrogen-bond acceptors (Lipinski definition) is 6. The van der Waals surface area contributed by atoms with Gasteiger partial charge in [-0.15, -0.1) is 0 Å². The number of fused-ring (bicyclic) bond motifs is 2. The molecule has 1 aliphatic rings. The van der Waals surface area contributed by atoms with Crippen molar-refractivity contribution in [2.24, 2.45) is 4.99 Å². The fourth-order valence-corrected chi connectivity index (χ4v) is 4.37. The zero-order chi connectivity index (χ0) is 21.1. The number of ether oxygens (including phenoxy) is 3. The number of benzene rings is 2. The summed E-state index contributed by atoms with van der Waals surface area (Å²) in [6.45, 7) is 5.31. The minimum Gasteiger partial charge on any atom is -0.486 e. The van der Waals surface area contributed by atoms with Crippen molar-refractivity contribution in [3.63, 3.8) is 0 Å². The van der Waals surface area contributed by atoms with E-state index in [9.17, 15) is 9.59 Å². The van der Waals surface area contributed by atoms with Crippen molar-refractivity contribution in [3.8, 4) is 11.5 Å². The average Bonchev–Trinajstić information content (AvgIpc) is 3.06. The summed E-state index contributed by atoms with van der Waals surface area (Å²) in [5, 5.41) is 0. The largest absolute Gasteiger partial charge is 0.486 e. The number of carbonyl (C=O) groups excluding carboxylic acids is 2. The van der Waals surface area contributed by atoms with Crippen molar-refractivity contribution in [1.29, 1.82) is 0 Å². The van der Waals surface area contributed by atoms with Crippen molar-refractivity contribution < 1.29 is 23.8 Å². The minimum atomic E-state index is -0.318. The lowest BCUT2D eigenvalue weighted by molar-refractivity contribution is -0.143. The predicted octanol–water partition coefficient (Wildman–Crippen LogP) is 3.48. The molecular weight excluding hydrogens is 404 g/mol. The van der Waals surface area contributed by atoms with Gasteiger partial charge in [-0.05, 0) is 25.5 Å². The summed E-state index contributed by atoms with van der Waals surface area (Å²) >= 11 is 1.38. The number of nitrogens with zero attached hydrogens (tertiary/aromatic N) is 2. The van der Waals surface area contributed by atoms with E-state index in [4.69, 9.17) is 14.2 Å². The number of aryl methyl sites for hydroxylation is 2. The summed E-state index contributed by atoms with van der Waals surface area (Å²) < 4.78 is 19.2. The zero-order valence-corrected chi connectivity index (χ0v) is 17.7. The van der Waals surface area contributed by atoms with Gasteiger partial charge in [-0.3, -0.25) is 9.59 Å². The van der Waals surface area contributed by atoms with Crippen LogP contribution in [0.5, 0.6) is 11.5 Å². The molecule has 1 amide bonds. The quantitative estimate of drug-likeness (QED) is 0.584. The summed E-state index contributed by atoms with van der Waals surface area (Å²) in [5.41, 5.74) is 2.26. The van der Waals surface area contributed by atoms with E-state index in [2.05, 4.69) is 4.99 Å². The van der Waals surface area contributed by atoms with Crippen LogP contribution in [0.1, 0.15) is 29.3 Å². The van der Waals surface area contributed by atoms with E-state index < -0.39 is 0 Å². The number of hydrogen-bond donors (Lipinski definition) is 0. The van der Waals surface area contributed by atoms with Gasteiger partial charge >= 0.3 is 5.97 Å². The second-order valence-corrected chi connectivity index (χ2v) is 7.80. The van der Waals surface area contributed by atoms with Gasteiger partial charge in [0, 0.05) is 24.2 Å². The maximum Gasteiger partial charge on any atom is 0.307 e. The van der Waals surface area contributed by atoms with Crippen LogP contribution < -0.4 is 14.3 Å². The highest BCUT2D eigenvalue weighted by Crippen LogP contribution is 2.35. The maximum atomic E-state index is 12.8. The fraction of sp³-hybridized carbons (Fsp3) is 0.318. The Kier molecular flexibility index (Phi) is 5.85. The Morgan fingerprint density at radius 3 is 2.63 bits per heavy atom. The SMILES string of the molecule is CCOC(=O)CCn1c(=NC(=O)c2ccccc2C)sc2cc3c(cc21)OCCO3. The molecule has 0 radical (unpaired) electrons. The van der Waals surface area contributed by atoms with E-state index >= 15 is 0 Å². The van der Waals surface area contributed by atoms with Crippen LogP contribution in [0, 0.1) is 6.92 Å². The van der Waals surface area contributed by atoms with Gasteiger partial charge in [0.05, 0.1) is 23.2 Å². The number of aromatic nitrogens is 1. The molecule has 2 heterocycles. The number of thiazole rings is 1. The molecule has 8 heteroatoms. The van der Waals surface area contributed by atoms with E-state index in [0.717, 1.165) is 15.8 Å². The third-order valence-electron chi connectivity index (χ3n) is 4.76. The standard InChI is InChI=1S/C22H22N2O5S/c1-3-27-20(25)8-9-24-16-12-17-18(29-11-10-28-17)13-19(16)30-22(24)23-21(26)15-7-5-4-6-14(15)2/h4-7,12-13H,3,8-11H2,1-2H3. The molecule has 0 unspecified atom stereocenters. The molecule has 3 aromatic rings. The van der Waals surface area contributed by atoms with Crippen LogP contribution >= 0.6 is 11.3 Å². The molecule has 1 aromatic heterocycles. The number of carbonyl (C=O) groups is 2. The highest BCUT2D eigenvalue weighted by molar-refractivity contribution is 7.16. The molecule has 0 N–H and O–H groups in total. The lowest BCUT2D eigenvalue weighted by Gasteiger charge is -2.18. The van der Waals surface area contributed by atoms with Crippen LogP contribution in [-0.2, 0) is 16.1 Å². The molecule has 0 aliphatic carbocycles. The first-order valence-electron chi connectivity index (χ1n) is 9.80. The molecule has 0 saturated carbocycles. The van der Waals surface area contributed by atoms with Gasteiger partial charge in [0.1, 0.15) is 13.2 Å². The van der Waals surface area contributed by atoms with E-state index in [-0.39, 0.29) is 18.3 Å². The summed E-state index contributed by atoms with van der Waals surface area (Å²) in [4.78, 5) is 29.7. The zero-order valence-electron chi connectivity index (χ0n) is 16.8. The monoisotopic (exact) mass is 426 g/mol. The maximum absolute atomic E-state index is 12.8. The Bertz CT molecular complexity index is 1180. The lowest BCUT2D eigenvalue weighted by atomic mass is 10.1. The van der Waals surface area contributed by atoms with Crippen molar-refractivity contribution in [1.82, 2.24) is 4.57 Å². The normalized spacial score (nSPS) is 13.5. The lowest BCUT2D eigenvalue weighted by Crippen LogP contribution is -2.20. The number of rotatable bonds is 5. The number of amides is 1. The molecule has 0 saturated heterocycles. The summed E-state index contributed by atoms with van der Waals surface area (Å²) in [5.74, 6) is 0.706. The van der Waals surface area contributed by atoms with Crippen molar-refractivity contribution in [2.75, 3.05) is 19.8 Å². The van der Waals surface area contributed by atoms with Gasteiger partial charge in [0.15, 0.2) is 16.3 Å². The Morgan fingerprint density at radius 1 is 1.17 bits per heavy atom. The molecule has 1 aliphatic heterocycles. The Balaban J connectivity index is 1.80. The Hall–Kier alpha value is -3.13. The molecule has 30 heavy (non-hydrogen) atoms. The third-order valence-corrected chi connectivity index (χ3v) is 5.81. The van der Waals surface area contributed by atoms with Gasteiger partial charge in [-0.1, -0.05) is 29.5 Å². The highest BCUT2D eigenvalue weighted by Gasteiger charge is 2.18. The second kappa shape index (κ2) is 8.71. The summed E-state index contributed by atoms with van der Waals surface area (Å²) in [7, 11) is 0. The van der Waals surface area contributed by atoms with Crippen LogP contribution in [0.15, 0.2) is 41.4 Å². The van der Waals surface area contributed by atoms with Crippen LogP contribution in [0.3, 0.4) is 0 Å². The highest BCUT2D eigenvalue weighted by atomic mass is 32.1. The van der Waals surface area contributed by atoms with Crippen LogP contribution in [0.2, 0.25) is 0 Å². The smallest absolute Gasteiger partial charge is 0.307 e. The first-order valence-corrected chi connectivity index (χ1v) is 10.6. The molecule has 0 atom stereocenters. The molecule has 7 nitrogen and oxygen atoms in total. The minimum absolute atomic E-state index is 0.180. The Labute approximate surface area is 177 Å². The van der Waals surface area contributed by atoms with E-state index in [1.54, 1.807) is 13.0 Å². The van der Waals surface area contributed by atoms with Crippen molar-refractivity contribution in [2.45, 2.75) is 26.8 Å². The van der Waals surface area contributed by atoms with Gasteiger partial charge < -0.3 is 18.8 Å². The van der Waals surface area contributed by atoms with Gasteiger partial charge in [0.25, 0.3) is 5.91 Å². The molecule has 2 aromatic carbocycles. The van der Waals surface area contributed by atoms with Gasteiger partial charge in [0.2, 0.25) is 0 Å². The van der Waals surface area contributed by atoms with E-state index in [0.29, 0.717) is 48.2 Å². The molecule has 0 fully saturated rings. The number of esters is 1. The van der Waals surface area contributed by atoms with Crippen LogP contribution in [0.4, 0.5) is 0 Å². The fourth-order valence-electron chi connectivity index (χ4n) is 3.30. The average molecular weight is 426 g/mol. The van der Waals surface area contributed by atoms with Gasteiger partial charge in [-0.2, -0.15) is 4.99 Å². The van der Waals surface area contributed by atoms with Crippen molar-refractivity contribution in [3.05, 3.63) is 52.3 Å². The van der Waals surface area contributed by atoms with Crippen molar-refractivity contribution >= 4 is 33.4 Å². The molecule has 4 rings (SSSR count). The molecule has 0 bridgehead atoms. The first kappa shape index (κ1) is 20.2. The molecule has 156 valence electrons. The van der Waals surface area contributed by atoms with Crippen LogP contribution in [-0.4, -0.2) is 36.3 Å². The topological polar surface area (TPSA) is 79.1 Å². The predicted molar refractivity (Wildman–Crippen MR) is 113 cm³/mol. The molecular formula is C22H22N2O5S. The molecule has 0 spiro atoms. The second-order valence-electron chi connectivity index (χ2n) is 6.79. The third kappa shape index (κ3) is 4.09. The van der Waals surface area contributed by atoms with E-state index in [1.165, 1.54) is 11.3 Å². The van der Waals surface area contributed by atoms with Gasteiger partial charge in [-0.25, -0.2) is 0 Å². The summed E-state index contributed by atoms with van der Waals surface area (Å²) in [6, 6.07) is 11.1. The first-order chi connectivity index (χ1) is 14.6.